The van der Waals surface area contributed by atoms with E-state index in [2.05, 4.69) is 9.44 Å². The van der Waals surface area contributed by atoms with E-state index in [0.29, 0.717) is 0 Å². The molecule has 1 unspecified atom stereocenters. The third kappa shape index (κ3) is 4.34. The highest BCUT2D eigenvalue weighted by Crippen LogP contribution is 2.19. The molecule has 0 aromatic heterocycles. The topological polar surface area (TPSA) is 98.7 Å². The molecule has 14 heavy (non-hydrogen) atoms. The van der Waals surface area contributed by atoms with Gasteiger partial charge in [0.15, 0.2) is 0 Å². The molecule has 0 bridgehead atoms. The van der Waals surface area contributed by atoms with Crippen LogP contribution in [0.2, 0.25) is 0 Å². The number of nitrogens with one attached hydrogen (secondary N) is 2. The highest BCUT2D eigenvalue weighted by molar-refractivity contribution is 7.87. The molecule has 1 atom stereocenters. The fourth-order valence-electron chi connectivity index (χ4n) is 0.769. The van der Waals surface area contributed by atoms with Crippen molar-refractivity contribution in [3.8, 4) is 0 Å². The van der Waals surface area contributed by atoms with Gasteiger partial charge < -0.3 is 10.2 Å². The van der Waals surface area contributed by atoms with Crippen LogP contribution in [0.25, 0.3) is 0 Å². The van der Waals surface area contributed by atoms with E-state index in [4.69, 9.17) is 5.11 Å². The van der Waals surface area contributed by atoms with Crippen LogP contribution >= 0.6 is 0 Å². The predicted molar refractivity (Wildman–Crippen MR) is 50.8 cm³/mol. The minimum atomic E-state index is -3.53. The van der Waals surface area contributed by atoms with E-state index in [1.165, 1.54) is 6.92 Å². The van der Waals surface area contributed by atoms with Crippen molar-refractivity contribution >= 4 is 10.2 Å². The van der Waals surface area contributed by atoms with Crippen LogP contribution in [0.15, 0.2) is 0 Å². The predicted octanol–water partition coefficient (Wildman–Crippen LogP) is -1.68. The van der Waals surface area contributed by atoms with Gasteiger partial charge in [-0.25, -0.2) is 0 Å². The third-order valence-corrected chi connectivity index (χ3v) is 3.05. The fourth-order valence-corrected chi connectivity index (χ4v) is 2.03. The van der Waals surface area contributed by atoms with Gasteiger partial charge in [-0.05, 0) is 19.8 Å². The molecule has 1 fully saturated rings. The maximum atomic E-state index is 11.2. The molecule has 0 aromatic rings. The Bertz CT molecular complexity index is 284. The van der Waals surface area contributed by atoms with Gasteiger partial charge in [0.2, 0.25) is 0 Å². The first-order valence-corrected chi connectivity index (χ1v) is 5.93. The molecule has 0 amide bonds. The molecule has 0 radical (unpaired) electrons. The zero-order chi connectivity index (χ0) is 10.8. The van der Waals surface area contributed by atoms with E-state index in [0.717, 1.165) is 12.8 Å². The van der Waals surface area contributed by atoms with E-state index < -0.39 is 22.4 Å². The minimum absolute atomic E-state index is 0.0339. The number of hydrogen-bond acceptors (Lipinski definition) is 4. The summed E-state index contributed by atoms with van der Waals surface area (Å²) in [5, 5.41) is 18.0. The van der Waals surface area contributed by atoms with Gasteiger partial charge in [-0.3, -0.25) is 0 Å². The lowest BCUT2D eigenvalue weighted by molar-refractivity contribution is 0.00675. The monoisotopic (exact) mass is 224 g/mol. The number of aliphatic hydroxyl groups excluding tert-OH is 1. The van der Waals surface area contributed by atoms with Crippen LogP contribution in [-0.4, -0.2) is 43.4 Å². The quantitative estimate of drug-likeness (QED) is 0.433. The second-order valence-corrected chi connectivity index (χ2v) is 5.40. The van der Waals surface area contributed by atoms with Gasteiger partial charge in [0.05, 0.1) is 12.2 Å². The van der Waals surface area contributed by atoms with Gasteiger partial charge in [0.1, 0.15) is 0 Å². The van der Waals surface area contributed by atoms with E-state index in [-0.39, 0.29) is 12.6 Å². The summed E-state index contributed by atoms with van der Waals surface area (Å²) < 4.78 is 27.0. The number of aliphatic hydroxyl groups is 2. The minimum Gasteiger partial charge on any atom is -0.393 e. The molecule has 0 aromatic carbocycles. The Morgan fingerprint density at radius 3 is 2.50 bits per heavy atom. The van der Waals surface area contributed by atoms with E-state index >= 15 is 0 Å². The SMILES string of the molecule is CC(O)(CO)CNS(=O)(=O)NC1CC1. The van der Waals surface area contributed by atoms with Crippen molar-refractivity contribution in [1.29, 1.82) is 0 Å². The van der Waals surface area contributed by atoms with Crippen LogP contribution < -0.4 is 9.44 Å². The van der Waals surface area contributed by atoms with Crippen molar-refractivity contribution in [2.24, 2.45) is 0 Å². The largest absolute Gasteiger partial charge is 0.393 e. The first-order chi connectivity index (χ1) is 6.35. The smallest absolute Gasteiger partial charge is 0.277 e. The van der Waals surface area contributed by atoms with E-state index in [1.54, 1.807) is 0 Å². The Hall–Kier alpha value is -0.210. The van der Waals surface area contributed by atoms with E-state index in [9.17, 15) is 13.5 Å². The molecule has 1 aliphatic rings. The molecular weight excluding hydrogens is 208 g/mol. The molecule has 7 heteroatoms. The molecule has 0 heterocycles. The maximum absolute atomic E-state index is 11.2. The summed E-state index contributed by atoms with van der Waals surface area (Å²) in [6.45, 7) is 0.664. The second kappa shape index (κ2) is 4.11. The van der Waals surface area contributed by atoms with Crippen molar-refractivity contribution < 1.29 is 18.6 Å². The van der Waals surface area contributed by atoms with Crippen LogP contribution in [0.1, 0.15) is 19.8 Å². The Kier molecular flexibility index (Phi) is 3.49. The summed E-state index contributed by atoms with van der Waals surface area (Å²) in [5.74, 6) is 0. The molecule has 0 spiro atoms. The third-order valence-electron chi connectivity index (χ3n) is 1.88. The van der Waals surface area contributed by atoms with Gasteiger partial charge >= 0.3 is 0 Å². The first kappa shape index (κ1) is 11.9. The van der Waals surface area contributed by atoms with Crippen LogP contribution in [0.4, 0.5) is 0 Å². The normalized spacial score (nSPS) is 21.9. The van der Waals surface area contributed by atoms with Crippen molar-refractivity contribution in [1.82, 2.24) is 9.44 Å². The molecular formula is C7H16N2O4S. The molecule has 0 aliphatic heterocycles. The summed E-state index contributed by atoms with van der Waals surface area (Å²) in [6, 6.07) is 0.0339. The average molecular weight is 224 g/mol. The summed E-state index contributed by atoms with van der Waals surface area (Å²) in [5.41, 5.74) is -1.42. The molecule has 4 N–H and O–H groups in total. The van der Waals surface area contributed by atoms with E-state index in [1.807, 2.05) is 0 Å². The number of rotatable bonds is 6. The highest BCUT2D eigenvalue weighted by atomic mass is 32.2. The van der Waals surface area contributed by atoms with Gasteiger partial charge in [0.25, 0.3) is 10.2 Å². The van der Waals surface area contributed by atoms with Crippen LogP contribution in [0.3, 0.4) is 0 Å². The maximum Gasteiger partial charge on any atom is 0.277 e. The van der Waals surface area contributed by atoms with Crippen molar-refractivity contribution in [2.45, 2.75) is 31.4 Å². The van der Waals surface area contributed by atoms with Gasteiger partial charge in [-0.1, -0.05) is 0 Å². The molecule has 6 nitrogen and oxygen atoms in total. The first-order valence-electron chi connectivity index (χ1n) is 4.45. The van der Waals surface area contributed by atoms with Crippen molar-refractivity contribution in [3.05, 3.63) is 0 Å². The summed E-state index contributed by atoms with van der Waals surface area (Å²) in [6.07, 6.45) is 1.72. The molecule has 1 aliphatic carbocycles. The zero-order valence-corrected chi connectivity index (χ0v) is 8.84. The molecule has 0 saturated heterocycles. The standard InChI is InChI=1S/C7H16N2O4S/c1-7(11,5-10)4-8-14(12,13)9-6-2-3-6/h6,8-11H,2-5H2,1H3. The summed E-state index contributed by atoms with van der Waals surface area (Å²) in [7, 11) is -3.53. The van der Waals surface area contributed by atoms with Crippen LogP contribution in [0.5, 0.6) is 0 Å². The van der Waals surface area contributed by atoms with Crippen LogP contribution in [0, 0.1) is 0 Å². The van der Waals surface area contributed by atoms with Gasteiger partial charge in [0, 0.05) is 12.6 Å². The second-order valence-electron chi connectivity index (χ2n) is 3.87. The Morgan fingerprint density at radius 2 is 2.07 bits per heavy atom. The molecule has 1 saturated carbocycles. The van der Waals surface area contributed by atoms with Crippen molar-refractivity contribution in [3.63, 3.8) is 0 Å². The Morgan fingerprint density at radius 1 is 1.50 bits per heavy atom. The molecule has 1 rings (SSSR count). The number of hydrogen-bond donors (Lipinski definition) is 4. The zero-order valence-electron chi connectivity index (χ0n) is 8.02. The van der Waals surface area contributed by atoms with Gasteiger partial charge in [-0.15, -0.1) is 0 Å². The summed E-state index contributed by atoms with van der Waals surface area (Å²) in [4.78, 5) is 0. The van der Waals surface area contributed by atoms with Gasteiger partial charge in [-0.2, -0.15) is 17.9 Å². The Labute approximate surface area is 83.5 Å². The van der Waals surface area contributed by atoms with Crippen LogP contribution in [-0.2, 0) is 10.2 Å². The van der Waals surface area contributed by atoms with Crippen molar-refractivity contribution in [2.75, 3.05) is 13.2 Å². The molecule has 84 valence electrons. The lowest BCUT2D eigenvalue weighted by Gasteiger charge is -2.20. The fraction of sp³-hybridized carbons (Fsp3) is 1.00. The lowest BCUT2D eigenvalue weighted by Crippen LogP contribution is -2.47. The summed E-state index contributed by atoms with van der Waals surface area (Å²) >= 11 is 0. The Balaban J connectivity index is 2.35. The highest BCUT2D eigenvalue weighted by Gasteiger charge is 2.28. The lowest BCUT2D eigenvalue weighted by atomic mass is 10.1. The average Bonchev–Trinajstić information content (AvgIpc) is 2.85.